The summed E-state index contributed by atoms with van der Waals surface area (Å²) in [6.07, 6.45) is 4.82. The minimum atomic E-state index is -0.148. The molecule has 0 unspecified atom stereocenters. The second-order valence-corrected chi connectivity index (χ2v) is 12.4. The number of phenolic OH excluding ortho intramolecular Hbond substituents is 1. The molecule has 0 spiro atoms. The number of likely N-dealkylation sites (tertiary alicyclic amines) is 1. The molecule has 1 fully saturated rings. The standard InChI is InChI=1S/C31H47N3O2/c1-8-17-34-18-15-24(16-19-34)32-29(36)33-27-12-10-9-11-23(27)14-13-22-20-25(30(2,3)4)28(35)26(21-22)31(5,6)7/h9-12,20-21,24,35H,8,13-19H2,1-7H3,(H2,32,33,36). The number of nitrogens with zero attached hydrogens (tertiary/aromatic N) is 1. The Morgan fingerprint density at radius 2 is 1.56 bits per heavy atom. The topological polar surface area (TPSA) is 64.6 Å². The molecular formula is C31H47N3O2. The second kappa shape index (κ2) is 11.7. The molecule has 198 valence electrons. The number of aromatic hydroxyl groups is 1. The van der Waals surface area contributed by atoms with Gasteiger partial charge in [0.05, 0.1) is 0 Å². The molecule has 1 aliphatic heterocycles. The number of carbonyl (C=O) groups excluding carboxylic acids is 1. The molecule has 3 N–H and O–H groups in total. The monoisotopic (exact) mass is 493 g/mol. The molecule has 1 heterocycles. The Morgan fingerprint density at radius 3 is 2.11 bits per heavy atom. The number of nitrogens with one attached hydrogen (secondary N) is 2. The van der Waals surface area contributed by atoms with Gasteiger partial charge >= 0.3 is 6.03 Å². The van der Waals surface area contributed by atoms with Crippen molar-refractivity contribution < 1.29 is 9.90 Å². The fourth-order valence-electron chi connectivity index (χ4n) is 5.08. The van der Waals surface area contributed by atoms with E-state index in [1.54, 1.807) is 0 Å². The van der Waals surface area contributed by atoms with Crippen molar-refractivity contribution in [2.75, 3.05) is 25.0 Å². The number of piperidine rings is 1. The van der Waals surface area contributed by atoms with Crippen molar-refractivity contribution >= 4 is 11.7 Å². The van der Waals surface area contributed by atoms with Gasteiger partial charge in [-0.3, -0.25) is 0 Å². The number of carbonyl (C=O) groups is 1. The third-order valence-corrected chi connectivity index (χ3v) is 7.20. The predicted octanol–water partition coefficient (Wildman–Crippen LogP) is 6.77. The lowest BCUT2D eigenvalue weighted by Crippen LogP contribution is -2.46. The van der Waals surface area contributed by atoms with Crippen LogP contribution in [0, 0.1) is 0 Å². The highest BCUT2D eigenvalue weighted by atomic mass is 16.3. The molecule has 1 aliphatic rings. The Morgan fingerprint density at radius 1 is 0.972 bits per heavy atom. The first-order valence-electron chi connectivity index (χ1n) is 13.6. The molecule has 0 aliphatic carbocycles. The van der Waals surface area contributed by atoms with Crippen molar-refractivity contribution in [3.8, 4) is 5.75 Å². The number of urea groups is 1. The highest BCUT2D eigenvalue weighted by Crippen LogP contribution is 2.40. The first-order valence-corrected chi connectivity index (χ1v) is 13.6. The minimum Gasteiger partial charge on any atom is -0.507 e. The smallest absolute Gasteiger partial charge is 0.319 e. The number of benzene rings is 2. The lowest BCUT2D eigenvalue weighted by Gasteiger charge is -2.32. The van der Waals surface area contributed by atoms with E-state index in [9.17, 15) is 9.90 Å². The van der Waals surface area contributed by atoms with E-state index in [4.69, 9.17) is 0 Å². The van der Waals surface area contributed by atoms with Crippen LogP contribution in [0.25, 0.3) is 0 Å². The van der Waals surface area contributed by atoms with Gasteiger partial charge in [0.1, 0.15) is 5.75 Å². The predicted molar refractivity (Wildman–Crippen MR) is 151 cm³/mol. The maximum absolute atomic E-state index is 12.8. The van der Waals surface area contributed by atoms with Crippen LogP contribution < -0.4 is 10.6 Å². The Bertz CT molecular complexity index is 990. The van der Waals surface area contributed by atoms with Gasteiger partial charge in [-0.2, -0.15) is 0 Å². The van der Waals surface area contributed by atoms with Crippen LogP contribution in [-0.2, 0) is 23.7 Å². The third kappa shape index (κ3) is 7.49. The van der Waals surface area contributed by atoms with Crippen LogP contribution in [0.3, 0.4) is 0 Å². The normalized spacial score (nSPS) is 15.6. The van der Waals surface area contributed by atoms with Gasteiger partial charge < -0.3 is 20.6 Å². The number of para-hydroxylation sites is 1. The van der Waals surface area contributed by atoms with Crippen molar-refractivity contribution in [1.29, 1.82) is 0 Å². The molecule has 0 radical (unpaired) electrons. The summed E-state index contributed by atoms with van der Waals surface area (Å²) in [5.41, 5.74) is 4.87. The van der Waals surface area contributed by atoms with Gasteiger partial charge in [-0.15, -0.1) is 0 Å². The third-order valence-electron chi connectivity index (χ3n) is 7.20. The van der Waals surface area contributed by atoms with Crippen LogP contribution >= 0.6 is 0 Å². The summed E-state index contributed by atoms with van der Waals surface area (Å²) in [6, 6.07) is 12.5. The molecule has 0 saturated carbocycles. The highest BCUT2D eigenvalue weighted by molar-refractivity contribution is 5.90. The summed E-state index contributed by atoms with van der Waals surface area (Å²) >= 11 is 0. The summed E-state index contributed by atoms with van der Waals surface area (Å²) in [7, 11) is 0. The van der Waals surface area contributed by atoms with Crippen LogP contribution in [0.4, 0.5) is 10.5 Å². The average molecular weight is 494 g/mol. The Balaban J connectivity index is 1.69. The van der Waals surface area contributed by atoms with E-state index in [1.165, 1.54) is 12.0 Å². The van der Waals surface area contributed by atoms with Crippen molar-refractivity contribution in [3.05, 3.63) is 58.7 Å². The second-order valence-electron chi connectivity index (χ2n) is 12.4. The molecular weight excluding hydrogens is 446 g/mol. The maximum atomic E-state index is 12.8. The van der Waals surface area contributed by atoms with Crippen LogP contribution in [0.1, 0.15) is 90.0 Å². The van der Waals surface area contributed by atoms with E-state index in [2.05, 4.69) is 82.2 Å². The number of aryl methyl sites for hydroxylation is 2. The van der Waals surface area contributed by atoms with Gasteiger partial charge in [0.2, 0.25) is 0 Å². The molecule has 36 heavy (non-hydrogen) atoms. The Hall–Kier alpha value is -2.53. The van der Waals surface area contributed by atoms with Gasteiger partial charge in [-0.05, 0) is 77.8 Å². The first-order chi connectivity index (χ1) is 16.9. The molecule has 2 aromatic rings. The zero-order chi connectivity index (χ0) is 26.5. The van der Waals surface area contributed by atoms with Gasteiger partial charge in [0.25, 0.3) is 0 Å². The molecule has 0 aromatic heterocycles. The molecule has 5 nitrogen and oxygen atoms in total. The van der Waals surface area contributed by atoms with Crippen LogP contribution in [0.2, 0.25) is 0 Å². The molecule has 2 aromatic carbocycles. The quantitative estimate of drug-likeness (QED) is 0.399. The maximum Gasteiger partial charge on any atom is 0.319 e. The average Bonchev–Trinajstić information content (AvgIpc) is 2.79. The van der Waals surface area contributed by atoms with Crippen LogP contribution in [-0.4, -0.2) is 41.7 Å². The molecule has 0 atom stereocenters. The summed E-state index contributed by atoms with van der Waals surface area (Å²) in [5.74, 6) is 0.415. The van der Waals surface area contributed by atoms with Crippen molar-refractivity contribution in [3.63, 3.8) is 0 Å². The summed E-state index contributed by atoms with van der Waals surface area (Å²) in [5, 5.41) is 17.3. The zero-order valence-corrected chi connectivity index (χ0v) is 23.5. The van der Waals surface area contributed by atoms with Crippen LogP contribution in [0.15, 0.2) is 36.4 Å². The fourth-order valence-corrected chi connectivity index (χ4v) is 5.08. The highest BCUT2D eigenvalue weighted by Gasteiger charge is 2.26. The van der Waals surface area contributed by atoms with Gasteiger partial charge in [0, 0.05) is 24.8 Å². The van der Waals surface area contributed by atoms with E-state index >= 15 is 0 Å². The zero-order valence-electron chi connectivity index (χ0n) is 23.5. The number of phenols is 1. The number of anilines is 1. The lowest BCUT2D eigenvalue weighted by atomic mass is 9.78. The van der Waals surface area contributed by atoms with E-state index in [0.717, 1.165) is 67.7 Å². The Kier molecular flexibility index (Phi) is 9.10. The van der Waals surface area contributed by atoms with E-state index < -0.39 is 0 Å². The number of hydrogen-bond donors (Lipinski definition) is 3. The largest absolute Gasteiger partial charge is 0.507 e. The fraction of sp³-hybridized carbons (Fsp3) is 0.581. The molecule has 2 amide bonds. The summed E-state index contributed by atoms with van der Waals surface area (Å²) in [6.45, 7) is 18.3. The van der Waals surface area contributed by atoms with Gasteiger partial charge in [-0.25, -0.2) is 4.79 Å². The minimum absolute atomic E-state index is 0.119. The van der Waals surface area contributed by atoms with Gasteiger partial charge in [-0.1, -0.05) is 78.8 Å². The van der Waals surface area contributed by atoms with E-state index in [1.807, 2.05) is 18.2 Å². The number of amides is 2. The lowest BCUT2D eigenvalue weighted by molar-refractivity contribution is 0.196. The molecule has 5 heteroatoms. The first kappa shape index (κ1) is 28.0. The SMILES string of the molecule is CCCN1CCC(NC(=O)Nc2ccccc2CCc2cc(C(C)(C)C)c(O)c(C(C)(C)C)c2)CC1. The summed E-state index contributed by atoms with van der Waals surface area (Å²) in [4.78, 5) is 15.3. The van der Waals surface area contributed by atoms with Crippen molar-refractivity contribution in [1.82, 2.24) is 10.2 Å². The molecule has 3 rings (SSSR count). The van der Waals surface area contributed by atoms with E-state index in [-0.39, 0.29) is 22.9 Å². The summed E-state index contributed by atoms with van der Waals surface area (Å²) < 4.78 is 0. The number of hydrogen-bond acceptors (Lipinski definition) is 3. The molecule has 0 bridgehead atoms. The number of rotatable bonds is 7. The van der Waals surface area contributed by atoms with Crippen molar-refractivity contribution in [2.24, 2.45) is 0 Å². The van der Waals surface area contributed by atoms with Crippen molar-refractivity contribution in [2.45, 2.75) is 97.4 Å². The van der Waals surface area contributed by atoms with E-state index in [0.29, 0.717) is 5.75 Å². The van der Waals surface area contributed by atoms with Crippen LogP contribution in [0.5, 0.6) is 5.75 Å². The van der Waals surface area contributed by atoms with Gasteiger partial charge in [0.15, 0.2) is 0 Å². The molecule has 1 saturated heterocycles. The Labute approximate surface area is 218 Å².